The lowest BCUT2D eigenvalue weighted by atomic mass is 10.2. The lowest BCUT2D eigenvalue weighted by Crippen LogP contribution is -2.30. The van der Waals surface area contributed by atoms with Gasteiger partial charge >= 0.3 is 0 Å². The first-order chi connectivity index (χ1) is 13.1. The van der Waals surface area contributed by atoms with Crippen LogP contribution in [0.5, 0.6) is 0 Å². The minimum Gasteiger partial charge on any atom is -0.277 e. The number of carbonyl (C=O) groups is 1. The van der Waals surface area contributed by atoms with E-state index < -0.39 is 0 Å². The van der Waals surface area contributed by atoms with Gasteiger partial charge in [-0.15, -0.1) is 11.3 Å². The second-order valence-corrected chi connectivity index (χ2v) is 8.69. The summed E-state index contributed by atoms with van der Waals surface area (Å²) in [7, 11) is 0. The molecule has 1 amide bonds. The monoisotopic (exact) mass is 413 g/mol. The Balaban J connectivity index is 1.75. The van der Waals surface area contributed by atoms with Crippen molar-refractivity contribution >= 4 is 55.5 Å². The van der Waals surface area contributed by atoms with Crippen LogP contribution < -0.4 is 4.90 Å². The van der Waals surface area contributed by atoms with Crippen LogP contribution in [0, 0.1) is 0 Å². The van der Waals surface area contributed by atoms with E-state index in [0.29, 0.717) is 20.9 Å². The van der Waals surface area contributed by atoms with E-state index in [-0.39, 0.29) is 5.91 Å². The normalized spacial score (nSPS) is 11.0. The van der Waals surface area contributed by atoms with E-state index in [0.717, 1.165) is 22.3 Å². The second kappa shape index (κ2) is 7.76. The number of thiazole rings is 1. The Morgan fingerprint density at radius 3 is 2.74 bits per heavy atom. The molecule has 0 bridgehead atoms. The fourth-order valence-electron chi connectivity index (χ4n) is 2.73. The standard InChI is InChI=1S/C20H16ClN3OS2/c1-2-13-6-7-15-17(11-13)27-20(23-15)24(12-14-5-3-4-10-22-14)19(25)16-8-9-18(21)26-16/h3-11H,2,12H2,1H3. The van der Waals surface area contributed by atoms with Crippen molar-refractivity contribution in [2.75, 3.05) is 4.90 Å². The minimum absolute atomic E-state index is 0.118. The molecule has 0 aliphatic rings. The zero-order chi connectivity index (χ0) is 18.8. The Labute approximate surface area is 170 Å². The number of hydrogen-bond acceptors (Lipinski definition) is 5. The lowest BCUT2D eigenvalue weighted by molar-refractivity contribution is 0.0988. The van der Waals surface area contributed by atoms with Gasteiger partial charge in [-0.1, -0.05) is 42.0 Å². The van der Waals surface area contributed by atoms with Crippen LogP contribution in [-0.2, 0) is 13.0 Å². The molecule has 0 spiro atoms. The fraction of sp³-hybridized carbons (Fsp3) is 0.150. The third kappa shape index (κ3) is 3.88. The molecule has 7 heteroatoms. The molecule has 0 saturated carbocycles. The summed E-state index contributed by atoms with van der Waals surface area (Å²) in [4.78, 5) is 24.5. The Morgan fingerprint density at radius 2 is 2.04 bits per heavy atom. The molecule has 0 aliphatic heterocycles. The van der Waals surface area contributed by atoms with Gasteiger partial charge in [0.2, 0.25) is 0 Å². The molecule has 3 aromatic heterocycles. The lowest BCUT2D eigenvalue weighted by Gasteiger charge is -2.18. The molecule has 136 valence electrons. The molecule has 0 atom stereocenters. The summed E-state index contributed by atoms with van der Waals surface area (Å²) in [5, 5.41) is 0.665. The summed E-state index contributed by atoms with van der Waals surface area (Å²) in [6, 6.07) is 15.4. The van der Waals surface area contributed by atoms with Gasteiger partial charge in [-0.25, -0.2) is 4.98 Å². The van der Waals surface area contributed by atoms with Crippen molar-refractivity contribution in [1.29, 1.82) is 0 Å². The molecule has 0 radical (unpaired) electrons. The predicted octanol–water partition coefficient (Wildman–Crippen LogP) is 5.82. The molecule has 1 aromatic carbocycles. The number of hydrogen-bond donors (Lipinski definition) is 0. The van der Waals surface area contributed by atoms with Crippen molar-refractivity contribution in [1.82, 2.24) is 9.97 Å². The maximum absolute atomic E-state index is 13.2. The topological polar surface area (TPSA) is 46.1 Å². The number of thiophene rings is 1. The number of nitrogens with zero attached hydrogens (tertiary/aromatic N) is 3. The highest BCUT2D eigenvalue weighted by molar-refractivity contribution is 7.22. The smallest absolute Gasteiger partial charge is 0.270 e. The number of benzene rings is 1. The van der Waals surface area contributed by atoms with Gasteiger partial charge in [-0.2, -0.15) is 0 Å². The molecule has 4 nitrogen and oxygen atoms in total. The fourth-order valence-corrected chi connectivity index (χ4v) is 4.75. The van der Waals surface area contributed by atoms with E-state index >= 15 is 0 Å². The first kappa shape index (κ1) is 18.1. The molecular weight excluding hydrogens is 398 g/mol. The Morgan fingerprint density at radius 1 is 1.15 bits per heavy atom. The van der Waals surface area contributed by atoms with Gasteiger partial charge in [0.25, 0.3) is 5.91 Å². The largest absolute Gasteiger partial charge is 0.277 e. The third-order valence-electron chi connectivity index (χ3n) is 4.16. The molecule has 0 unspecified atom stereocenters. The molecule has 4 aromatic rings. The molecule has 0 fully saturated rings. The number of aromatic nitrogens is 2. The molecule has 27 heavy (non-hydrogen) atoms. The van der Waals surface area contributed by atoms with E-state index in [1.807, 2.05) is 24.3 Å². The number of halogens is 1. The van der Waals surface area contributed by atoms with E-state index in [1.54, 1.807) is 23.2 Å². The number of aryl methyl sites for hydroxylation is 1. The van der Waals surface area contributed by atoms with Gasteiger partial charge in [0.05, 0.1) is 31.7 Å². The van der Waals surface area contributed by atoms with Crippen LogP contribution in [-0.4, -0.2) is 15.9 Å². The molecular formula is C20H16ClN3OS2. The molecule has 0 N–H and O–H groups in total. The van der Waals surface area contributed by atoms with Crippen LogP contribution in [0.15, 0.2) is 54.7 Å². The quantitative estimate of drug-likeness (QED) is 0.414. The highest BCUT2D eigenvalue weighted by atomic mass is 35.5. The van der Waals surface area contributed by atoms with Crippen molar-refractivity contribution in [3.05, 3.63) is 75.2 Å². The van der Waals surface area contributed by atoms with Gasteiger partial charge in [0, 0.05) is 6.20 Å². The number of anilines is 1. The number of pyridine rings is 1. The summed E-state index contributed by atoms with van der Waals surface area (Å²) in [5.74, 6) is -0.118. The number of carbonyl (C=O) groups excluding carboxylic acids is 1. The molecule has 0 aliphatic carbocycles. The summed E-state index contributed by atoms with van der Waals surface area (Å²) in [6.45, 7) is 2.48. The van der Waals surface area contributed by atoms with Gasteiger partial charge in [-0.3, -0.25) is 14.7 Å². The maximum Gasteiger partial charge on any atom is 0.270 e. The Bertz CT molecular complexity index is 1090. The first-order valence-corrected chi connectivity index (χ1v) is 10.5. The van der Waals surface area contributed by atoms with E-state index in [2.05, 4.69) is 24.0 Å². The van der Waals surface area contributed by atoms with Crippen LogP contribution in [0.2, 0.25) is 4.34 Å². The van der Waals surface area contributed by atoms with Crippen LogP contribution in [0.25, 0.3) is 10.2 Å². The number of rotatable bonds is 5. The van der Waals surface area contributed by atoms with Crippen LogP contribution in [0.1, 0.15) is 27.9 Å². The maximum atomic E-state index is 13.2. The third-order valence-corrected chi connectivity index (χ3v) is 6.42. The highest BCUT2D eigenvalue weighted by Gasteiger charge is 2.23. The number of fused-ring (bicyclic) bond motifs is 1. The zero-order valence-electron chi connectivity index (χ0n) is 14.6. The minimum atomic E-state index is -0.118. The van der Waals surface area contributed by atoms with Gasteiger partial charge < -0.3 is 0 Å². The first-order valence-electron chi connectivity index (χ1n) is 8.50. The predicted molar refractivity (Wildman–Crippen MR) is 113 cm³/mol. The van der Waals surface area contributed by atoms with Crippen LogP contribution in [0.4, 0.5) is 5.13 Å². The van der Waals surface area contributed by atoms with E-state index in [4.69, 9.17) is 16.6 Å². The van der Waals surface area contributed by atoms with Crippen molar-refractivity contribution in [2.45, 2.75) is 19.9 Å². The van der Waals surface area contributed by atoms with Gasteiger partial charge in [0.1, 0.15) is 0 Å². The van der Waals surface area contributed by atoms with Crippen LogP contribution >= 0.6 is 34.3 Å². The summed E-state index contributed by atoms with van der Waals surface area (Å²) >= 11 is 8.83. The highest BCUT2D eigenvalue weighted by Crippen LogP contribution is 2.33. The molecule has 3 heterocycles. The average molecular weight is 414 g/mol. The van der Waals surface area contributed by atoms with Crippen molar-refractivity contribution in [3.63, 3.8) is 0 Å². The zero-order valence-corrected chi connectivity index (χ0v) is 16.9. The van der Waals surface area contributed by atoms with Gasteiger partial charge in [0.15, 0.2) is 5.13 Å². The summed E-state index contributed by atoms with van der Waals surface area (Å²) < 4.78 is 1.67. The van der Waals surface area contributed by atoms with Crippen LogP contribution in [0.3, 0.4) is 0 Å². The van der Waals surface area contributed by atoms with Gasteiger partial charge in [-0.05, 0) is 48.4 Å². The summed E-state index contributed by atoms with van der Waals surface area (Å²) in [5.41, 5.74) is 2.96. The van der Waals surface area contributed by atoms with E-state index in [1.165, 1.54) is 28.2 Å². The Hall–Kier alpha value is -2.28. The van der Waals surface area contributed by atoms with Crippen molar-refractivity contribution in [2.24, 2.45) is 0 Å². The van der Waals surface area contributed by atoms with Crippen molar-refractivity contribution < 1.29 is 4.79 Å². The van der Waals surface area contributed by atoms with E-state index in [9.17, 15) is 4.79 Å². The second-order valence-electron chi connectivity index (χ2n) is 5.97. The molecule has 0 saturated heterocycles. The summed E-state index contributed by atoms with van der Waals surface area (Å²) in [6.07, 6.45) is 2.69. The number of amides is 1. The Kier molecular flexibility index (Phi) is 5.20. The SMILES string of the molecule is CCc1ccc2nc(N(Cc3ccccn3)C(=O)c3ccc(Cl)s3)sc2c1. The van der Waals surface area contributed by atoms with Crippen molar-refractivity contribution in [3.8, 4) is 0 Å². The average Bonchev–Trinajstić information content (AvgIpc) is 3.31. The molecule has 4 rings (SSSR count).